The number of para-hydroxylation sites is 1. The van der Waals surface area contributed by atoms with Gasteiger partial charge in [-0.15, -0.1) is 0 Å². The number of furan rings is 1. The lowest BCUT2D eigenvalue weighted by molar-refractivity contribution is 0.0528. The van der Waals surface area contributed by atoms with Crippen molar-refractivity contribution < 1.29 is 27.1 Å². The minimum atomic E-state index is -3.36. The van der Waals surface area contributed by atoms with Crippen molar-refractivity contribution in [2.24, 2.45) is 0 Å². The van der Waals surface area contributed by atoms with Crippen LogP contribution in [0.3, 0.4) is 0 Å². The molecular weight excluding hydrogens is 490 g/mol. The third kappa shape index (κ3) is 4.46. The Balaban J connectivity index is 1.46. The van der Waals surface area contributed by atoms with Crippen molar-refractivity contribution in [3.8, 4) is 22.8 Å². The van der Waals surface area contributed by atoms with Gasteiger partial charge in [0.25, 0.3) is 0 Å². The van der Waals surface area contributed by atoms with Gasteiger partial charge in [0.15, 0.2) is 0 Å². The number of fused-ring (bicyclic) bond motifs is 1. The predicted octanol–water partition coefficient (Wildman–Crippen LogP) is 6.49. The summed E-state index contributed by atoms with van der Waals surface area (Å²) in [5.74, 6) is 1.72. The number of hydrogen-bond acceptors (Lipinski definition) is 6. The maximum absolute atomic E-state index is 13.1. The van der Waals surface area contributed by atoms with Crippen LogP contribution in [-0.4, -0.2) is 33.3 Å². The largest absolute Gasteiger partial charge is 0.462 e. The molecule has 0 atom stereocenters. The van der Waals surface area contributed by atoms with Crippen LogP contribution in [0.5, 0.6) is 11.5 Å². The Labute approximate surface area is 215 Å². The van der Waals surface area contributed by atoms with Crippen LogP contribution in [0.25, 0.3) is 22.3 Å². The van der Waals surface area contributed by atoms with Crippen molar-refractivity contribution in [3.05, 3.63) is 77.9 Å². The SMILES string of the molecule is CCOC(=O)c1c(-c2ccc(Oc3ccccc3)cc2)oc2cc(N3CCCS3(=O)=O)c(C3CC3)cc12. The van der Waals surface area contributed by atoms with Crippen LogP contribution in [0.2, 0.25) is 0 Å². The number of carbonyl (C=O) groups is 1. The fourth-order valence-corrected chi connectivity index (χ4v) is 6.48. The van der Waals surface area contributed by atoms with Crippen LogP contribution in [0.4, 0.5) is 5.69 Å². The van der Waals surface area contributed by atoms with Gasteiger partial charge in [-0.3, -0.25) is 4.31 Å². The van der Waals surface area contributed by atoms with Gasteiger partial charge in [-0.05, 0) is 80.1 Å². The highest BCUT2D eigenvalue weighted by Crippen LogP contribution is 2.48. The van der Waals surface area contributed by atoms with Crippen molar-refractivity contribution in [1.29, 1.82) is 0 Å². The molecule has 37 heavy (non-hydrogen) atoms. The smallest absolute Gasteiger partial charge is 0.342 e. The second-order valence-corrected chi connectivity index (χ2v) is 11.4. The molecule has 1 aromatic heterocycles. The van der Waals surface area contributed by atoms with E-state index in [1.165, 1.54) is 4.31 Å². The molecule has 6 rings (SSSR count). The number of ether oxygens (including phenoxy) is 2. The molecule has 1 saturated heterocycles. The standard InChI is InChI=1S/C29H27NO6S/c1-2-34-29(31)27-24-17-23(19-9-10-19)25(30-15-6-16-37(30,32)33)18-26(24)36-28(27)20-11-13-22(14-12-20)35-21-7-4-3-5-8-21/h3-5,7-8,11-14,17-19H,2,6,9-10,15-16H2,1H3. The number of benzene rings is 3. The second-order valence-electron chi connectivity index (χ2n) is 9.39. The molecule has 2 fully saturated rings. The molecular formula is C29H27NO6S. The fourth-order valence-electron chi connectivity index (χ4n) is 4.90. The van der Waals surface area contributed by atoms with Gasteiger partial charge in [0.05, 0.1) is 18.0 Å². The summed E-state index contributed by atoms with van der Waals surface area (Å²) in [6.45, 7) is 2.45. The van der Waals surface area contributed by atoms with Crippen molar-refractivity contribution in [2.75, 3.05) is 23.2 Å². The maximum atomic E-state index is 13.1. The fraction of sp³-hybridized carbons (Fsp3) is 0.276. The van der Waals surface area contributed by atoms with Gasteiger partial charge in [-0.25, -0.2) is 13.2 Å². The van der Waals surface area contributed by atoms with E-state index in [1.54, 1.807) is 13.0 Å². The molecule has 0 spiro atoms. The highest BCUT2D eigenvalue weighted by Gasteiger charge is 2.36. The van der Waals surface area contributed by atoms with Gasteiger partial charge in [-0.2, -0.15) is 0 Å². The molecule has 0 N–H and O–H groups in total. The summed E-state index contributed by atoms with van der Waals surface area (Å²) in [5.41, 5.74) is 3.12. The van der Waals surface area contributed by atoms with Gasteiger partial charge < -0.3 is 13.9 Å². The van der Waals surface area contributed by atoms with E-state index in [4.69, 9.17) is 13.9 Å². The van der Waals surface area contributed by atoms with E-state index < -0.39 is 16.0 Å². The summed E-state index contributed by atoms with van der Waals surface area (Å²) in [7, 11) is -3.36. The Morgan fingerprint density at radius 3 is 2.41 bits per heavy atom. The summed E-state index contributed by atoms with van der Waals surface area (Å²) in [6, 6.07) is 20.5. The quantitative estimate of drug-likeness (QED) is 0.261. The van der Waals surface area contributed by atoms with E-state index in [0.717, 1.165) is 24.2 Å². The Hall–Kier alpha value is -3.78. The zero-order chi connectivity index (χ0) is 25.6. The molecule has 7 nitrogen and oxygen atoms in total. The first kappa shape index (κ1) is 23.6. The van der Waals surface area contributed by atoms with E-state index in [-0.39, 0.29) is 18.3 Å². The number of esters is 1. The normalized spacial score (nSPS) is 16.7. The third-order valence-electron chi connectivity index (χ3n) is 6.80. The number of rotatable bonds is 7. The predicted molar refractivity (Wildman–Crippen MR) is 142 cm³/mol. The van der Waals surface area contributed by atoms with Crippen molar-refractivity contribution >= 4 is 32.6 Å². The summed E-state index contributed by atoms with van der Waals surface area (Å²) in [4.78, 5) is 13.1. The van der Waals surface area contributed by atoms with Crippen LogP contribution in [0, 0.1) is 0 Å². The highest BCUT2D eigenvalue weighted by atomic mass is 32.2. The van der Waals surface area contributed by atoms with E-state index in [9.17, 15) is 13.2 Å². The van der Waals surface area contributed by atoms with Crippen LogP contribution >= 0.6 is 0 Å². The molecule has 1 aliphatic heterocycles. The molecule has 3 aromatic carbocycles. The minimum Gasteiger partial charge on any atom is -0.462 e. The average molecular weight is 518 g/mol. The maximum Gasteiger partial charge on any atom is 0.342 e. The Morgan fingerprint density at radius 2 is 1.76 bits per heavy atom. The Bertz CT molecular complexity index is 1570. The van der Waals surface area contributed by atoms with E-state index in [2.05, 4.69) is 0 Å². The van der Waals surface area contributed by atoms with Gasteiger partial charge >= 0.3 is 5.97 Å². The molecule has 190 valence electrons. The zero-order valence-corrected chi connectivity index (χ0v) is 21.3. The number of carbonyl (C=O) groups excluding carboxylic acids is 1. The number of sulfonamides is 1. The van der Waals surface area contributed by atoms with Gasteiger partial charge in [0.2, 0.25) is 10.0 Å². The molecule has 2 aliphatic rings. The molecule has 0 amide bonds. The molecule has 0 radical (unpaired) electrons. The van der Waals surface area contributed by atoms with Crippen LogP contribution in [0.15, 0.2) is 71.1 Å². The minimum absolute atomic E-state index is 0.143. The monoisotopic (exact) mass is 517 g/mol. The topological polar surface area (TPSA) is 86.1 Å². The van der Waals surface area contributed by atoms with Gasteiger partial charge in [0.1, 0.15) is 28.4 Å². The summed E-state index contributed by atoms with van der Waals surface area (Å²) < 4.78 is 44.6. The second kappa shape index (κ2) is 9.27. The highest BCUT2D eigenvalue weighted by molar-refractivity contribution is 7.93. The van der Waals surface area contributed by atoms with E-state index in [0.29, 0.717) is 52.3 Å². The third-order valence-corrected chi connectivity index (χ3v) is 8.65. The first-order valence-corrected chi connectivity index (χ1v) is 14.2. The lowest BCUT2D eigenvalue weighted by Crippen LogP contribution is -2.26. The van der Waals surface area contributed by atoms with E-state index >= 15 is 0 Å². The molecule has 1 saturated carbocycles. The molecule has 0 bridgehead atoms. The van der Waals surface area contributed by atoms with Crippen molar-refractivity contribution in [3.63, 3.8) is 0 Å². The Morgan fingerprint density at radius 1 is 1.03 bits per heavy atom. The number of anilines is 1. The van der Waals surface area contributed by atoms with E-state index in [1.807, 2.05) is 60.7 Å². The summed E-state index contributed by atoms with van der Waals surface area (Å²) >= 11 is 0. The van der Waals surface area contributed by atoms with Gasteiger partial charge in [0, 0.05) is 23.6 Å². The van der Waals surface area contributed by atoms with Crippen LogP contribution in [0.1, 0.15) is 48.0 Å². The van der Waals surface area contributed by atoms with Crippen LogP contribution in [-0.2, 0) is 14.8 Å². The van der Waals surface area contributed by atoms with Crippen molar-refractivity contribution in [2.45, 2.75) is 32.1 Å². The zero-order valence-electron chi connectivity index (χ0n) is 20.5. The lowest BCUT2D eigenvalue weighted by Gasteiger charge is -2.20. The van der Waals surface area contributed by atoms with Crippen molar-refractivity contribution in [1.82, 2.24) is 0 Å². The Kier molecular flexibility index (Phi) is 5.91. The summed E-state index contributed by atoms with van der Waals surface area (Å²) in [5, 5.41) is 0.639. The molecule has 2 heterocycles. The first-order chi connectivity index (χ1) is 17.9. The lowest BCUT2D eigenvalue weighted by atomic mass is 10.0. The molecule has 1 aliphatic carbocycles. The summed E-state index contributed by atoms with van der Waals surface area (Å²) in [6.07, 6.45) is 2.59. The number of hydrogen-bond donors (Lipinski definition) is 0. The molecule has 8 heteroatoms. The van der Waals surface area contributed by atoms with Gasteiger partial charge in [-0.1, -0.05) is 18.2 Å². The molecule has 0 unspecified atom stereocenters. The average Bonchev–Trinajstić information content (AvgIpc) is 3.58. The number of nitrogens with zero attached hydrogens (tertiary/aromatic N) is 1. The molecule has 4 aromatic rings. The first-order valence-electron chi connectivity index (χ1n) is 12.6. The van der Waals surface area contributed by atoms with Crippen LogP contribution < -0.4 is 9.04 Å².